The quantitative estimate of drug-likeness (QED) is 0.678. The maximum absolute atomic E-state index is 13.2. The number of carbonyl (C=O) groups excluding carboxylic acids is 2. The molecule has 0 aliphatic heterocycles. The van der Waals surface area contributed by atoms with Gasteiger partial charge in [0.05, 0.1) is 6.10 Å². The molecule has 0 bridgehead atoms. The van der Waals surface area contributed by atoms with Crippen LogP contribution in [0, 0.1) is 5.41 Å². The fourth-order valence-corrected chi connectivity index (χ4v) is 4.34. The number of ketones is 2. The zero-order valence-corrected chi connectivity index (χ0v) is 14.3. The monoisotopic (exact) mass is 331 g/mol. The Labute approximate surface area is 142 Å². The van der Waals surface area contributed by atoms with E-state index in [1.54, 1.807) is 13.2 Å². The van der Waals surface area contributed by atoms with E-state index >= 15 is 0 Å². The normalized spacial score (nSPS) is 30.1. The van der Waals surface area contributed by atoms with Gasteiger partial charge >= 0.3 is 0 Å². The fourth-order valence-electron chi connectivity index (χ4n) is 4.34. The number of carbonyl (C=O) groups is 2. The molecule has 3 rings (SSSR count). The van der Waals surface area contributed by atoms with Gasteiger partial charge in [-0.1, -0.05) is 13.0 Å². The smallest absolute Gasteiger partial charge is 0.154 e. The number of methoxy groups -OCH3 is 1. The van der Waals surface area contributed by atoms with Gasteiger partial charge in [0, 0.05) is 18.9 Å². The highest BCUT2D eigenvalue weighted by atomic mass is 16.6. The molecule has 130 valence electrons. The SMILES string of the molecule is CCc1cc(ON)ccc1C1C(=O)CC2(CCC(OC)CC2)C1=O. The van der Waals surface area contributed by atoms with Gasteiger partial charge in [-0.15, -0.1) is 0 Å². The van der Waals surface area contributed by atoms with E-state index in [2.05, 4.69) is 0 Å². The second-order valence-electron chi connectivity index (χ2n) is 6.99. The van der Waals surface area contributed by atoms with E-state index in [0.717, 1.165) is 43.2 Å². The van der Waals surface area contributed by atoms with Crippen LogP contribution in [-0.4, -0.2) is 24.8 Å². The van der Waals surface area contributed by atoms with Crippen LogP contribution in [0.4, 0.5) is 0 Å². The molecular formula is C19H25NO4. The van der Waals surface area contributed by atoms with Gasteiger partial charge in [0.15, 0.2) is 5.78 Å². The first kappa shape index (κ1) is 17.1. The third-order valence-electron chi connectivity index (χ3n) is 5.78. The molecule has 0 aromatic heterocycles. The van der Waals surface area contributed by atoms with Gasteiger partial charge in [0.1, 0.15) is 17.5 Å². The maximum atomic E-state index is 13.2. The van der Waals surface area contributed by atoms with Crippen LogP contribution in [0.3, 0.4) is 0 Å². The molecule has 5 nitrogen and oxygen atoms in total. The lowest BCUT2D eigenvalue weighted by Crippen LogP contribution is -2.35. The summed E-state index contributed by atoms with van der Waals surface area (Å²) in [7, 11) is 1.71. The molecule has 1 aromatic rings. The zero-order valence-electron chi connectivity index (χ0n) is 14.3. The van der Waals surface area contributed by atoms with Gasteiger partial charge < -0.3 is 9.57 Å². The van der Waals surface area contributed by atoms with Gasteiger partial charge in [-0.05, 0) is 55.4 Å². The van der Waals surface area contributed by atoms with Crippen molar-refractivity contribution >= 4 is 11.6 Å². The molecule has 0 saturated heterocycles. The summed E-state index contributed by atoms with van der Waals surface area (Å²) in [5, 5.41) is 0. The van der Waals surface area contributed by atoms with Gasteiger partial charge in [-0.25, -0.2) is 0 Å². The molecule has 1 atom stereocenters. The summed E-state index contributed by atoms with van der Waals surface area (Å²) >= 11 is 0. The third kappa shape index (κ3) is 2.76. The van der Waals surface area contributed by atoms with Crippen LogP contribution in [0.25, 0.3) is 0 Å². The number of aryl methyl sites for hydroxylation is 1. The van der Waals surface area contributed by atoms with Crippen molar-refractivity contribution in [3.8, 4) is 5.75 Å². The summed E-state index contributed by atoms with van der Waals surface area (Å²) in [6.45, 7) is 2.00. The van der Waals surface area contributed by atoms with Crippen LogP contribution >= 0.6 is 0 Å². The minimum absolute atomic E-state index is 0.0481. The van der Waals surface area contributed by atoms with Crippen LogP contribution in [0.15, 0.2) is 18.2 Å². The Morgan fingerprint density at radius 3 is 2.54 bits per heavy atom. The third-order valence-corrected chi connectivity index (χ3v) is 5.78. The second-order valence-corrected chi connectivity index (χ2v) is 6.99. The summed E-state index contributed by atoms with van der Waals surface area (Å²) in [5.41, 5.74) is 1.29. The first-order valence-corrected chi connectivity index (χ1v) is 8.64. The molecule has 24 heavy (non-hydrogen) atoms. The summed E-state index contributed by atoms with van der Waals surface area (Å²) in [4.78, 5) is 30.7. The van der Waals surface area contributed by atoms with Gasteiger partial charge in [-0.3, -0.25) is 9.59 Å². The first-order valence-electron chi connectivity index (χ1n) is 8.64. The lowest BCUT2D eigenvalue weighted by Gasteiger charge is -2.35. The number of nitrogens with two attached hydrogens (primary N) is 1. The van der Waals surface area contributed by atoms with Gasteiger partial charge in [0.2, 0.25) is 0 Å². The molecule has 1 spiro atoms. The fraction of sp³-hybridized carbons (Fsp3) is 0.579. The number of hydrogen-bond acceptors (Lipinski definition) is 5. The molecule has 1 unspecified atom stereocenters. The minimum Gasteiger partial charge on any atom is -0.412 e. The van der Waals surface area contributed by atoms with E-state index in [1.807, 2.05) is 19.1 Å². The molecule has 0 heterocycles. The average molecular weight is 331 g/mol. The molecule has 1 aromatic carbocycles. The number of rotatable bonds is 4. The van der Waals surface area contributed by atoms with E-state index in [-0.39, 0.29) is 17.7 Å². The predicted octanol–water partition coefficient (Wildman–Crippen LogP) is 2.70. The Hall–Kier alpha value is -1.72. The lowest BCUT2D eigenvalue weighted by atomic mass is 9.70. The largest absolute Gasteiger partial charge is 0.412 e. The van der Waals surface area contributed by atoms with Crippen molar-refractivity contribution in [3.63, 3.8) is 0 Å². The lowest BCUT2D eigenvalue weighted by molar-refractivity contribution is -0.130. The Bertz CT molecular complexity index is 647. The predicted molar refractivity (Wildman–Crippen MR) is 89.7 cm³/mol. The summed E-state index contributed by atoms with van der Waals surface area (Å²) in [5.74, 6) is 5.28. The van der Waals surface area contributed by atoms with E-state index in [1.165, 1.54) is 0 Å². The molecule has 2 aliphatic rings. The number of Topliss-reactive ketones (excluding diaryl/α,β-unsaturated/α-hetero) is 2. The number of hydrogen-bond donors (Lipinski definition) is 1. The standard InChI is InChI=1S/C19H25NO4/c1-3-12-10-14(24-20)4-5-15(12)17-16(21)11-19(18(17)22)8-6-13(23-2)7-9-19/h4-5,10,13,17H,3,6-9,11,20H2,1-2H3. The molecule has 5 heteroatoms. The molecule has 2 N–H and O–H groups in total. The molecule has 0 radical (unpaired) electrons. The highest BCUT2D eigenvalue weighted by Crippen LogP contribution is 2.50. The first-order chi connectivity index (χ1) is 11.5. The Kier molecular flexibility index (Phi) is 4.74. The second kappa shape index (κ2) is 6.65. The summed E-state index contributed by atoms with van der Waals surface area (Å²) < 4.78 is 5.41. The Morgan fingerprint density at radius 1 is 1.25 bits per heavy atom. The maximum Gasteiger partial charge on any atom is 0.154 e. The van der Waals surface area contributed by atoms with Crippen LogP contribution in [0.5, 0.6) is 5.75 Å². The Balaban J connectivity index is 1.90. The molecule has 2 aliphatic carbocycles. The van der Waals surface area contributed by atoms with Crippen molar-refractivity contribution in [1.29, 1.82) is 0 Å². The van der Waals surface area contributed by atoms with E-state index < -0.39 is 11.3 Å². The topological polar surface area (TPSA) is 78.6 Å². The average Bonchev–Trinajstić information content (AvgIpc) is 2.85. The molecule has 2 saturated carbocycles. The van der Waals surface area contributed by atoms with Crippen molar-refractivity contribution in [2.45, 2.75) is 57.5 Å². The summed E-state index contributed by atoms with van der Waals surface area (Å²) in [6.07, 6.45) is 4.50. The molecular weight excluding hydrogens is 306 g/mol. The number of benzene rings is 1. The van der Waals surface area contributed by atoms with Crippen molar-refractivity contribution in [1.82, 2.24) is 0 Å². The van der Waals surface area contributed by atoms with Crippen molar-refractivity contribution in [2.75, 3.05) is 7.11 Å². The van der Waals surface area contributed by atoms with Crippen LogP contribution < -0.4 is 10.7 Å². The van der Waals surface area contributed by atoms with Crippen LogP contribution in [0.2, 0.25) is 0 Å². The number of ether oxygens (including phenoxy) is 1. The zero-order chi connectivity index (χ0) is 17.3. The van der Waals surface area contributed by atoms with Gasteiger partial charge in [0.25, 0.3) is 0 Å². The van der Waals surface area contributed by atoms with Crippen LogP contribution in [0.1, 0.15) is 56.1 Å². The van der Waals surface area contributed by atoms with Crippen LogP contribution in [-0.2, 0) is 20.7 Å². The van der Waals surface area contributed by atoms with Crippen molar-refractivity contribution < 1.29 is 19.2 Å². The van der Waals surface area contributed by atoms with Gasteiger partial charge in [-0.2, -0.15) is 5.90 Å². The van der Waals surface area contributed by atoms with E-state index in [9.17, 15) is 9.59 Å². The molecule has 0 amide bonds. The highest BCUT2D eigenvalue weighted by Gasteiger charge is 2.54. The minimum atomic E-state index is -0.633. The van der Waals surface area contributed by atoms with Crippen molar-refractivity contribution in [2.24, 2.45) is 11.3 Å². The highest BCUT2D eigenvalue weighted by molar-refractivity contribution is 6.16. The Morgan fingerprint density at radius 2 is 1.96 bits per heavy atom. The molecule has 2 fully saturated rings. The van der Waals surface area contributed by atoms with E-state index in [0.29, 0.717) is 12.2 Å². The van der Waals surface area contributed by atoms with E-state index in [4.69, 9.17) is 15.5 Å². The van der Waals surface area contributed by atoms with Crippen molar-refractivity contribution in [3.05, 3.63) is 29.3 Å². The summed E-state index contributed by atoms with van der Waals surface area (Å²) in [6, 6.07) is 5.37.